The Balaban J connectivity index is 1.32. The van der Waals surface area contributed by atoms with Crippen LogP contribution in [0.5, 0.6) is 5.75 Å². The molecule has 6 rings (SSSR count). The van der Waals surface area contributed by atoms with Gasteiger partial charge in [-0.2, -0.15) is 0 Å². The van der Waals surface area contributed by atoms with Crippen LogP contribution in [0.1, 0.15) is 164 Å². The number of nitrogens with one attached hydrogen (secondary N) is 5. The number of Topliss-reactive ketones (excluding diaryl/α,β-unsaturated/α-hetero) is 1. The summed E-state index contributed by atoms with van der Waals surface area (Å²) >= 11 is 0. The quantitative estimate of drug-likeness (QED) is 0.0451. The molecule has 0 spiro atoms. The van der Waals surface area contributed by atoms with Crippen LogP contribution >= 0.6 is 0 Å². The zero-order valence-corrected chi connectivity index (χ0v) is 63.3. The highest BCUT2D eigenvalue weighted by atomic mass is 16.6. The van der Waals surface area contributed by atoms with E-state index in [0.29, 0.717) is 28.2 Å². The van der Waals surface area contributed by atoms with Gasteiger partial charge in [0.15, 0.2) is 11.9 Å². The van der Waals surface area contributed by atoms with Gasteiger partial charge in [0.1, 0.15) is 72.8 Å². The number of likely N-dealkylation sites (tertiary alicyclic amines) is 2. The van der Waals surface area contributed by atoms with Crippen LogP contribution in [-0.4, -0.2) is 237 Å². The SMILES string of the molecule is CC[C@H](C)[C@H]1NC(=O)[C@H](NC(=O)[C@@H](CC(C)C)N(C)C(=O)[C@@H]2CCCN2C(=O)[C@H](C)NC(=O)[C@H](CCC(=O)O)NC(=O)[C@@H]2CCC(=O)N2C(=O)OCc2ccccc2)[C@@H](C)OC(=O)[C@H](Cc2ccc(OC)cc2)N(C)C(=O)[C@@H]2CCCN2C(=O)[C@H](CC(C)C)NC(=O)[C@@H](C)C(=O)[C@H](C(C)C)OC(=O)C[C@@H]1O. The van der Waals surface area contributed by atoms with E-state index >= 15 is 24.0 Å². The van der Waals surface area contributed by atoms with E-state index in [4.69, 9.17) is 18.9 Å². The number of aliphatic carboxylic acids is 1. The molecule has 11 amide bonds. The summed E-state index contributed by atoms with van der Waals surface area (Å²) in [6.45, 7) is 17.5. The maximum atomic E-state index is 15.3. The predicted molar refractivity (Wildman–Crippen MR) is 381 cm³/mol. The largest absolute Gasteiger partial charge is 0.497 e. The maximum absolute atomic E-state index is 15.3. The van der Waals surface area contributed by atoms with Gasteiger partial charge in [0, 0.05) is 46.4 Å². The number of cyclic esters (lactones) is 2. The molecule has 0 unspecified atom stereocenters. The topological polar surface area (TPSA) is 410 Å². The van der Waals surface area contributed by atoms with Crippen LogP contribution < -0.4 is 31.3 Å². The summed E-state index contributed by atoms with van der Waals surface area (Å²) in [5.74, 6) is -15.5. The van der Waals surface area contributed by atoms with Crippen molar-refractivity contribution in [3.8, 4) is 5.75 Å². The zero-order valence-electron chi connectivity index (χ0n) is 63.3. The Labute approximate surface area is 618 Å². The Morgan fingerprint density at radius 2 is 1.42 bits per heavy atom. The normalized spacial score (nSPS) is 25.2. The number of ether oxygens (including phenoxy) is 4. The summed E-state index contributed by atoms with van der Waals surface area (Å²) in [5.41, 5.74) is 1.12. The molecule has 0 saturated carbocycles. The highest BCUT2D eigenvalue weighted by Crippen LogP contribution is 2.29. The number of nitrogens with zero attached hydrogens (tertiary/aromatic N) is 5. The molecule has 4 fully saturated rings. The number of hydrogen-bond donors (Lipinski definition) is 7. The fourth-order valence-corrected chi connectivity index (χ4v) is 13.7. The number of methoxy groups -OCH3 is 1. The number of aliphatic hydroxyl groups is 1. The van der Waals surface area contributed by atoms with E-state index in [1.165, 1.54) is 51.8 Å². The summed E-state index contributed by atoms with van der Waals surface area (Å²) in [4.78, 5) is 219. The smallest absolute Gasteiger partial charge is 0.417 e. The van der Waals surface area contributed by atoms with Gasteiger partial charge in [0.05, 0.1) is 31.6 Å². The summed E-state index contributed by atoms with van der Waals surface area (Å²) < 4.78 is 22.7. The van der Waals surface area contributed by atoms with Crippen LogP contribution in [0.4, 0.5) is 4.79 Å². The van der Waals surface area contributed by atoms with E-state index < -0.39 is 205 Å². The van der Waals surface area contributed by atoms with Crippen molar-refractivity contribution in [2.24, 2.45) is 29.6 Å². The minimum Gasteiger partial charge on any atom is -0.497 e. The van der Waals surface area contributed by atoms with Crippen LogP contribution in [0.25, 0.3) is 0 Å². The number of carboxylic acid groups (broad SMARTS) is 1. The van der Waals surface area contributed by atoms with E-state index in [1.807, 2.05) is 13.8 Å². The minimum atomic E-state index is -1.89. The van der Waals surface area contributed by atoms with E-state index in [0.717, 1.165) is 9.80 Å². The second-order valence-electron chi connectivity index (χ2n) is 29.4. The molecule has 15 atom stereocenters. The van der Waals surface area contributed by atoms with E-state index in [2.05, 4.69) is 26.6 Å². The molecule has 0 radical (unpaired) electrons. The third-order valence-corrected chi connectivity index (χ3v) is 20.0. The third kappa shape index (κ3) is 22.5. The van der Waals surface area contributed by atoms with Crippen molar-refractivity contribution in [3.05, 3.63) is 65.7 Å². The summed E-state index contributed by atoms with van der Waals surface area (Å²) in [6.07, 6.45) is -7.35. The van der Waals surface area contributed by atoms with Crippen LogP contribution in [0.3, 0.4) is 0 Å². The van der Waals surface area contributed by atoms with E-state index in [9.17, 15) is 58.2 Å². The lowest BCUT2D eigenvalue weighted by atomic mass is 9.91. The predicted octanol–water partition coefficient (Wildman–Crippen LogP) is 3.12. The standard InChI is InChI=1S/C75H108N10O21/c1-15-43(8)61-57(86)38-60(90)106-64(42(6)7)63(91)44(9)65(92)78-51(35-40(2)3)71(98)84-34-20-24-54(84)73(100)82(13)56(37-47-25-27-49(103-14)28-26-47)74(101)105-46(11)62(69(96)79-61)80-68(95)55(36-41(4)5)81(12)72(99)53-23-19-33-83(53)70(97)45(10)76-66(93)50(29-32-59(88)89)77-67(94)52-30-31-58(87)85(52)75(102)104-39-48-21-17-16-18-22-48/h16-18,21-22,25-28,40-46,50-57,61-62,64,86H,15,19-20,23-24,29-39H2,1-14H3,(H,76,93)(H,77,94)(H,78,92)(H,79,96)(H,80,95)(H,88,89)/t43-,44-,45-,46+,50-,51-,52-,53-,54-,55+,56-,57-,61+,62+,64-/m0/s1. The molecule has 4 saturated heterocycles. The summed E-state index contributed by atoms with van der Waals surface area (Å²) in [7, 11) is 4.15. The Morgan fingerprint density at radius 1 is 0.764 bits per heavy atom. The van der Waals surface area contributed by atoms with Crippen LogP contribution in [0, 0.1) is 29.6 Å². The Morgan fingerprint density at radius 3 is 2.04 bits per heavy atom. The van der Waals surface area contributed by atoms with Gasteiger partial charge in [-0.3, -0.25) is 62.3 Å². The highest BCUT2D eigenvalue weighted by molar-refractivity contribution is 6.06. The molecule has 106 heavy (non-hydrogen) atoms. The molecular weight excluding hydrogens is 1380 g/mol. The molecule has 0 aliphatic carbocycles. The lowest BCUT2D eigenvalue weighted by Gasteiger charge is -2.36. The molecule has 584 valence electrons. The molecule has 0 bridgehead atoms. The number of benzene rings is 2. The fraction of sp³-hybridized carbons (Fsp3) is 0.640. The fourth-order valence-electron chi connectivity index (χ4n) is 13.7. The molecule has 0 aromatic heterocycles. The van der Waals surface area contributed by atoms with Crippen LogP contribution in [-0.2, 0) is 94.4 Å². The first-order valence-corrected chi connectivity index (χ1v) is 36.6. The van der Waals surface area contributed by atoms with Gasteiger partial charge in [-0.1, -0.05) is 104 Å². The molecular formula is C75H108N10O21. The second-order valence-corrected chi connectivity index (χ2v) is 29.4. The number of esters is 2. The molecule has 4 aliphatic heterocycles. The molecule has 4 aliphatic rings. The van der Waals surface area contributed by atoms with Gasteiger partial charge in [-0.25, -0.2) is 14.5 Å². The van der Waals surface area contributed by atoms with Crippen molar-refractivity contribution >= 4 is 88.9 Å². The average molecular weight is 1490 g/mol. The lowest BCUT2D eigenvalue weighted by molar-refractivity contribution is -0.163. The van der Waals surface area contributed by atoms with Crippen molar-refractivity contribution in [1.82, 2.24) is 51.1 Å². The average Bonchev–Trinajstić information content (AvgIpc) is 1.57. The minimum absolute atomic E-state index is 0.00829. The first-order valence-electron chi connectivity index (χ1n) is 36.6. The summed E-state index contributed by atoms with van der Waals surface area (Å²) in [6, 6.07) is 0.905. The number of fused-ring (bicyclic) bond motifs is 1. The van der Waals surface area contributed by atoms with Crippen molar-refractivity contribution in [1.29, 1.82) is 0 Å². The zero-order chi connectivity index (χ0) is 78.7. The van der Waals surface area contributed by atoms with Gasteiger partial charge >= 0.3 is 24.0 Å². The number of carbonyl (C=O) groups excluding carboxylic acids is 14. The number of carbonyl (C=O) groups is 15. The maximum Gasteiger partial charge on any atom is 0.417 e. The van der Waals surface area contributed by atoms with E-state index in [1.54, 1.807) is 96.1 Å². The molecule has 2 aromatic rings. The van der Waals surface area contributed by atoms with Crippen molar-refractivity contribution in [3.63, 3.8) is 0 Å². The first-order chi connectivity index (χ1) is 50.0. The van der Waals surface area contributed by atoms with Crippen LogP contribution in [0.2, 0.25) is 0 Å². The van der Waals surface area contributed by atoms with Gasteiger partial charge < -0.3 is 75.3 Å². The number of amides is 11. The number of hydrogen-bond acceptors (Lipinski definition) is 20. The van der Waals surface area contributed by atoms with Crippen LogP contribution in [0.15, 0.2) is 54.6 Å². The number of aliphatic hydroxyl groups excluding tert-OH is 1. The number of ketones is 1. The molecule has 4 heterocycles. The first kappa shape index (κ1) is 85.4. The third-order valence-electron chi connectivity index (χ3n) is 20.0. The van der Waals surface area contributed by atoms with Gasteiger partial charge in [0.25, 0.3) is 0 Å². The monoisotopic (exact) mass is 1480 g/mol. The Kier molecular flexibility index (Phi) is 31.5. The van der Waals surface area contributed by atoms with Gasteiger partial charge in [-0.15, -0.1) is 0 Å². The number of likely N-dealkylation sites (N-methyl/N-ethyl adjacent to an activating group) is 2. The highest BCUT2D eigenvalue weighted by Gasteiger charge is 2.48. The van der Waals surface area contributed by atoms with E-state index in [-0.39, 0.29) is 89.3 Å². The lowest BCUT2D eigenvalue weighted by Crippen LogP contribution is -2.62. The Hall–Kier alpha value is -9.55. The number of carboxylic acids is 1. The number of imide groups is 1. The van der Waals surface area contributed by atoms with Gasteiger partial charge in [-0.05, 0) is 119 Å². The summed E-state index contributed by atoms with van der Waals surface area (Å²) in [5, 5.41) is 34.9. The van der Waals surface area contributed by atoms with Crippen molar-refractivity contribution in [2.45, 2.75) is 245 Å². The molecule has 7 N–H and O–H groups in total. The number of rotatable bonds is 24. The van der Waals surface area contributed by atoms with Gasteiger partial charge in [0.2, 0.25) is 59.1 Å². The van der Waals surface area contributed by atoms with Crippen molar-refractivity contribution in [2.75, 3.05) is 34.3 Å². The molecule has 31 heteroatoms. The second kappa shape index (κ2) is 39.2. The molecule has 2 aromatic carbocycles. The van der Waals surface area contributed by atoms with Crippen molar-refractivity contribution < 1.29 is 101 Å². The molecule has 31 nitrogen and oxygen atoms in total. The Bertz CT molecular complexity index is 3500.